The Morgan fingerprint density at radius 3 is 1.51 bits per heavy atom. The van der Waals surface area contributed by atoms with Crippen molar-refractivity contribution in [3.8, 4) is 5.69 Å². The third kappa shape index (κ3) is 24.1. The number of carbonyl (C=O) groups excluding carboxylic acids is 2. The Morgan fingerprint density at radius 1 is 0.527 bits per heavy atom. The molecule has 0 fully saturated rings. The number of pyridine rings is 1. The summed E-state index contributed by atoms with van der Waals surface area (Å²) in [5.74, 6) is 1.39. The fourth-order valence-corrected chi connectivity index (χ4v) is 12.2. The van der Waals surface area contributed by atoms with Gasteiger partial charge in [0, 0.05) is 87.5 Å². The monoisotopic (exact) mass is 1710 g/mol. The minimum Gasteiger partial charge on any atom is -0.397 e. The van der Waals surface area contributed by atoms with Crippen LogP contribution in [0, 0.1) is 34.1 Å². The zero-order chi connectivity index (χ0) is 69.0. The van der Waals surface area contributed by atoms with E-state index < -0.39 is 9.85 Å². The number of anilines is 3. The fourth-order valence-electron chi connectivity index (χ4n) is 8.87. The zero-order valence-corrected chi connectivity index (χ0v) is 64.2. The van der Waals surface area contributed by atoms with Gasteiger partial charge in [0.25, 0.3) is 23.2 Å². The average molecular weight is 1720 g/mol. The van der Waals surface area contributed by atoms with E-state index in [2.05, 4.69) is 216 Å². The molecule has 6 aromatic carbocycles. The third-order valence-electron chi connectivity index (χ3n) is 12.7. The van der Waals surface area contributed by atoms with Crippen LogP contribution < -0.4 is 27.0 Å². The summed E-state index contributed by atoms with van der Waals surface area (Å²) in [5.41, 5.74) is 14.7. The third-order valence-corrected chi connectivity index (χ3v) is 16.2. The number of imidazole rings is 2. The number of nitrogen functional groups attached to an aromatic ring is 1. The number of amides is 2. The molecule has 10 rings (SSSR count). The minimum atomic E-state index is -0.434. The van der Waals surface area contributed by atoms with Crippen LogP contribution in [-0.2, 0) is 6.54 Å². The van der Waals surface area contributed by atoms with Gasteiger partial charge in [0.15, 0.2) is 0 Å². The first-order valence-electron chi connectivity index (χ1n) is 29.1. The van der Waals surface area contributed by atoms with Gasteiger partial charge >= 0.3 is 0 Å². The molecule has 27 heteroatoms. The SMILES string of the molecule is Brc1cccc(Br)c1.CC(C)Nc1cc(Br)ccc1N.CC(C)Nc1cc(Br)ccc1[N+](=O)[O-].Cc1nc2ccc(-n3cc(CNC(=O)c4cccc(C(=O)NC(C)C)n4)cn3)cc2n1C(C)C.Cc1nc2ccc(Br)cc2n1C(C)C.O=[N+]([O-])c1ccc(Br)cc1Br. The number of hydrogen-bond donors (Lipinski definition) is 5. The summed E-state index contributed by atoms with van der Waals surface area (Å²) in [6, 6.07) is 41.7. The molecule has 0 radical (unpaired) electrons. The van der Waals surface area contributed by atoms with E-state index in [4.69, 9.17) is 5.73 Å². The molecule has 492 valence electrons. The van der Waals surface area contributed by atoms with Gasteiger partial charge in [-0.25, -0.2) is 19.6 Å². The van der Waals surface area contributed by atoms with Crippen molar-refractivity contribution >= 4 is 174 Å². The Hall–Kier alpha value is -6.88. The summed E-state index contributed by atoms with van der Waals surface area (Å²) >= 11 is 23.1. The Labute approximate surface area is 600 Å². The normalized spacial score (nSPS) is 10.7. The molecule has 0 unspecified atom stereocenters. The highest BCUT2D eigenvalue weighted by Crippen LogP contribution is 2.31. The smallest absolute Gasteiger partial charge is 0.292 e. The van der Waals surface area contributed by atoms with Gasteiger partial charge in [0.05, 0.1) is 59.6 Å². The zero-order valence-electron chi connectivity index (χ0n) is 53.1. The van der Waals surface area contributed by atoms with Crippen molar-refractivity contribution in [2.75, 3.05) is 16.4 Å². The van der Waals surface area contributed by atoms with Gasteiger partial charge in [-0.3, -0.25) is 29.8 Å². The number of nitrogens with one attached hydrogen (secondary N) is 4. The van der Waals surface area contributed by atoms with E-state index in [-0.39, 0.29) is 53.2 Å². The van der Waals surface area contributed by atoms with Crippen LogP contribution in [0.15, 0.2) is 177 Å². The van der Waals surface area contributed by atoms with Crippen LogP contribution in [0.1, 0.15) is 120 Å². The summed E-state index contributed by atoms with van der Waals surface area (Å²) < 4.78 is 12.7. The number of nitrogens with two attached hydrogens (primary N) is 1. The lowest BCUT2D eigenvalue weighted by molar-refractivity contribution is -0.385. The lowest BCUT2D eigenvalue weighted by Crippen LogP contribution is -2.31. The quantitative estimate of drug-likeness (QED) is 0.0386. The molecule has 0 aliphatic rings. The Morgan fingerprint density at radius 2 is 0.989 bits per heavy atom. The molecule has 0 saturated heterocycles. The lowest BCUT2D eigenvalue weighted by atomic mass is 10.2. The maximum atomic E-state index is 12.6. The van der Waals surface area contributed by atoms with Crippen LogP contribution in [0.25, 0.3) is 27.8 Å². The molecule has 10 aromatic rings. The van der Waals surface area contributed by atoms with Crippen molar-refractivity contribution in [1.82, 2.24) is 44.5 Å². The van der Waals surface area contributed by atoms with Crippen molar-refractivity contribution in [3.05, 3.63) is 226 Å². The van der Waals surface area contributed by atoms with E-state index in [1.54, 1.807) is 53.3 Å². The summed E-state index contributed by atoms with van der Waals surface area (Å²) in [4.78, 5) is 58.2. The number of hydrogen-bond acceptors (Lipinski definition) is 13. The highest BCUT2D eigenvalue weighted by Gasteiger charge is 2.17. The molecule has 20 nitrogen and oxygen atoms in total. The second kappa shape index (κ2) is 36.7. The van der Waals surface area contributed by atoms with Gasteiger partial charge in [0.2, 0.25) is 0 Å². The predicted octanol–water partition coefficient (Wildman–Crippen LogP) is 19.6. The predicted molar refractivity (Wildman–Crippen MR) is 400 cm³/mol. The van der Waals surface area contributed by atoms with E-state index in [0.717, 1.165) is 77.7 Å². The molecule has 0 aliphatic carbocycles. The second-order valence-electron chi connectivity index (χ2n) is 22.1. The Balaban J connectivity index is 0.000000222. The van der Waals surface area contributed by atoms with E-state index in [1.165, 1.54) is 17.6 Å². The van der Waals surface area contributed by atoms with Crippen molar-refractivity contribution in [1.29, 1.82) is 0 Å². The first-order valence-corrected chi connectivity index (χ1v) is 34.6. The molecule has 0 atom stereocenters. The second-order valence-corrected chi connectivity index (χ2v) is 28.5. The first-order chi connectivity index (χ1) is 43.8. The van der Waals surface area contributed by atoms with Crippen molar-refractivity contribution in [2.24, 2.45) is 0 Å². The number of aryl methyl sites for hydroxylation is 2. The summed E-state index contributed by atoms with van der Waals surface area (Å²) in [6.07, 6.45) is 3.60. The standard InChI is InChI=1S/C25H29N7O2.C11H13BrN2.C9H11BrN2O2.C9H13BrN2.C6H3Br2NO2.C6H4Br2/c1-15(2)28-25(34)22-8-6-7-21(30-22)24(33)26-12-18-13-27-31(14-18)19-9-10-20-23(11-19)32(16(3)4)17(5)29-20;1-7(2)14-8(3)13-10-5-4-9(12)6-11(10)14;1-6(2)11-8-5-7(10)3-4-9(8)12(13)14;1-6(2)12-9-5-7(10)3-4-8(9)11;7-4-1-2-6(9(10)11)5(8)3-4;7-5-2-1-3-6(8)4-5/h6-11,13-16H,12H2,1-5H3,(H,26,33)(H,28,34);4-7H,1-3H3;3-6,11H,1-2H3;3-6,12H,11H2,1-2H3;1-3H;1-4H. The van der Waals surface area contributed by atoms with E-state index in [9.17, 15) is 29.8 Å². The highest BCUT2D eigenvalue weighted by molar-refractivity contribution is 9.11. The topological polar surface area (TPSA) is 261 Å². The Kier molecular flexibility index (Phi) is 30.3. The lowest BCUT2D eigenvalue weighted by Gasteiger charge is -2.12. The molecule has 0 spiro atoms. The van der Waals surface area contributed by atoms with Gasteiger partial charge in [-0.05, 0) is 208 Å². The van der Waals surface area contributed by atoms with Crippen molar-refractivity contribution in [2.45, 2.75) is 120 Å². The van der Waals surface area contributed by atoms with Crippen LogP contribution in [-0.4, -0.2) is 73.7 Å². The number of rotatable bonds is 14. The number of benzene rings is 6. The van der Waals surface area contributed by atoms with Crippen LogP contribution in [0.5, 0.6) is 0 Å². The highest BCUT2D eigenvalue weighted by atomic mass is 79.9. The number of nitro groups is 2. The molecule has 6 N–H and O–H groups in total. The summed E-state index contributed by atoms with van der Waals surface area (Å²) in [7, 11) is 0. The molecule has 2 amide bonds. The number of nitrogens with zero attached hydrogens (tertiary/aromatic N) is 9. The molecule has 0 bridgehead atoms. The maximum Gasteiger partial charge on any atom is 0.292 e. The maximum absolute atomic E-state index is 12.6. The van der Waals surface area contributed by atoms with Crippen LogP contribution >= 0.6 is 112 Å². The van der Waals surface area contributed by atoms with Gasteiger partial charge in [0.1, 0.15) is 28.7 Å². The van der Waals surface area contributed by atoms with E-state index in [0.29, 0.717) is 28.3 Å². The number of carbonyl (C=O) groups is 2. The number of halogens is 7. The molecule has 4 heterocycles. The number of aromatic nitrogens is 7. The average Bonchev–Trinajstić information content (AvgIpc) is 1.66. The minimum absolute atomic E-state index is 0.0148. The van der Waals surface area contributed by atoms with Gasteiger partial charge < -0.3 is 36.1 Å². The number of nitro benzene ring substituents is 2. The summed E-state index contributed by atoms with van der Waals surface area (Å²) in [5, 5.41) is 37.3. The van der Waals surface area contributed by atoms with Gasteiger partial charge in [-0.15, -0.1) is 0 Å². The van der Waals surface area contributed by atoms with E-state index >= 15 is 0 Å². The number of fused-ring (bicyclic) bond motifs is 2. The fraction of sp³-hybridized carbons (Fsp3) is 0.273. The molecular weight excluding hydrogens is 1640 g/mol. The Bertz CT molecular complexity index is 4170. The van der Waals surface area contributed by atoms with Crippen LogP contribution in [0.3, 0.4) is 0 Å². The van der Waals surface area contributed by atoms with Crippen molar-refractivity contribution in [3.63, 3.8) is 0 Å². The molecule has 0 aliphatic heterocycles. The first kappa shape index (κ1) is 76.8. The van der Waals surface area contributed by atoms with Gasteiger partial charge in [-0.1, -0.05) is 108 Å². The van der Waals surface area contributed by atoms with E-state index in [1.807, 2.05) is 114 Å². The molecule has 0 saturated carbocycles. The largest absolute Gasteiger partial charge is 0.397 e. The van der Waals surface area contributed by atoms with Gasteiger partial charge in [-0.2, -0.15) is 5.10 Å². The molecule has 93 heavy (non-hydrogen) atoms. The molecular formula is C66H73Br7N14O6. The summed E-state index contributed by atoms with van der Waals surface area (Å²) in [6.45, 7) is 24.7. The van der Waals surface area contributed by atoms with Crippen LogP contribution in [0.2, 0.25) is 0 Å². The van der Waals surface area contributed by atoms with Crippen molar-refractivity contribution < 1.29 is 19.4 Å². The molecule has 4 aromatic heterocycles. The van der Waals surface area contributed by atoms with Crippen LogP contribution in [0.4, 0.5) is 28.4 Å².